The number of halogens is 3. The molecule has 0 aliphatic rings. The maximum Gasteiger partial charge on any atom is 0.418 e. The van der Waals surface area contributed by atoms with Gasteiger partial charge in [0.15, 0.2) is 0 Å². The van der Waals surface area contributed by atoms with Gasteiger partial charge in [0.25, 0.3) is 0 Å². The lowest BCUT2D eigenvalue weighted by Gasteiger charge is -2.05. The number of rotatable bonds is 2. The minimum absolute atomic E-state index is 0.245. The lowest BCUT2D eigenvalue weighted by atomic mass is 10.1. The summed E-state index contributed by atoms with van der Waals surface area (Å²) in [5.74, 6) is 0. The van der Waals surface area contributed by atoms with Gasteiger partial charge in [-0.1, -0.05) is 6.08 Å². The molecule has 1 aromatic heterocycles. The summed E-state index contributed by atoms with van der Waals surface area (Å²) in [6, 6.07) is 0. The van der Waals surface area contributed by atoms with Crippen LogP contribution in [0.3, 0.4) is 0 Å². The summed E-state index contributed by atoms with van der Waals surface area (Å²) in [5.41, 5.74) is -0.407. The van der Waals surface area contributed by atoms with Crippen LogP contribution in [0.1, 0.15) is 11.1 Å². The van der Waals surface area contributed by atoms with Crippen molar-refractivity contribution in [3.05, 3.63) is 34.5 Å². The van der Waals surface area contributed by atoms with Gasteiger partial charge in [-0.3, -0.25) is 0 Å². The summed E-state index contributed by atoms with van der Waals surface area (Å²) in [6.07, 6.45) is -2.58. The number of thiophene rings is 1. The largest absolute Gasteiger partial charge is 0.418 e. The van der Waals surface area contributed by atoms with Crippen LogP contribution in [-0.4, -0.2) is 0 Å². The Labute approximate surface area is 72.3 Å². The smallest absolute Gasteiger partial charge is 0.166 e. The van der Waals surface area contributed by atoms with Crippen LogP contribution in [0.25, 0.3) is 0 Å². The number of allylic oxidation sites excluding steroid dienone is 1. The van der Waals surface area contributed by atoms with E-state index in [1.165, 1.54) is 11.5 Å². The van der Waals surface area contributed by atoms with E-state index in [4.69, 9.17) is 0 Å². The third kappa shape index (κ3) is 1.88. The molecule has 0 saturated heterocycles. The predicted molar refractivity (Wildman–Crippen MR) is 42.1 cm³/mol. The summed E-state index contributed by atoms with van der Waals surface area (Å²) < 4.78 is 36.4. The van der Waals surface area contributed by atoms with Crippen molar-refractivity contribution >= 4 is 11.3 Å². The van der Waals surface area contributed by atoms with Crippen LogP contribution < -0.4 is 0 Å². The van der Waals surface area contributed by atoms with Gasteiger partial charge in [-0.2, -0.15) is 13.2 Å². The van der Waals surface area contributed by atoms with E-state index in [2.05, 4.69) is 12.0 Å². The van der Waals surface area contributed by atoms with E-state index in [0.29, 0.717) is 0 Å². The molecular formula is C8H6F3S. The fraction of sp³-hybridized carbons (Fsp3) is 0.250. The van der Waals surface area contributed by atoms with Gasteiger partial charge < -0.3 is 0 Å². The zero-order chi connectivity index (χ0) is 9.19. The van der Waals surface area contributed by atoms with Gasteiger partial charge in [0.1, 0.15) is 0 Å². The van der Waals surface area contributed by atoms with Gasteiger partial charge in [-0.25, -0.2) is 0 Å². The second-order valence-electron chi connectivity index (χ2n) is 2.23. The standard InChI is InChI=1S/C8H6F3S/c1-2-3-6-4-12-5-7(6)8(9,10)11/h2,4H,1,3H2. The molecule has 0 spiro atoms. The molecule has 0 aromatic carbocycles. The molecule has 0 aliphatic carbocycles. The molecule has 0 nitrogen and oxygen atoms in total. The highest BCUT2D eigenvalue weighted by Crippen LogP contribution is 2.33. The normalized spacial score (nSPS) is 11.6. The first-order chi connectivity index (χ1) is 5.55. The molecule has 1 aromatic rings. The maximum absolute atomic E-state index is 12.1. The van der Waals surface area contributed by atoms with Crippen molar-refractivity contribution in [3.8, 4) is 0 Å². The first-order valence-electron chi connectivity index (χ1n) is 3.22. The molecule has 0 atom stereocenters. The fourth-order valence-corrected chi connectivity index (χ4v) is 1.61. The van der Waals surface area contributed by atoms with Gasteiger partial charge in [0, 0.05) is 0 Å². The van der Waals surface area contributed by atoms with Crippen LogP contribution in [0.2, 0.25) is 0 Å². The molecule has 4 heteroatoms. The van der Waals surface area contributed by atoms with Crippen LogP contribution in [0.5, 0.6) is 0 Å². The second kappa shape index (κ2) is 3.31. The van der Waals surface area contributed by atoms with E-state index in [1.54, 1.807) is 0 Å². The Morgan fingerprint density at radius 2 is 2.25 bits per heavy atom. The Morgan fingerprint density at radius 3 is 2.75 bits per heavy atom. The highest BCUT2D eigenvalue weighted by molar-refractivity contribution is 7.07. The molecule has 0 fully saturated rings. The van der Waals surface area contributed by atoms with E-state index in [9.17, 15) is 13.2 Å². The zero-order valence-electron chi connectivity index (χ0n) is 6.11. The van der Waals surface area contributed by atoms with Gasteiger partial charge in [0.05, 0.1) is 10.9 Å². The van der Waals surface area contributed by atoms with Crippen LogP contribution in [0, 0.1) is 5.38 Å². The van der Waals surface area contributed by atoms with Crippen molar-refractivity contribution in [2.75, 3.05) is 0 Å². The minimum atomic E-state index is -4.28. The van der Waals surface area contributed by atoms with Crippen molar-refractivity contribution in [3.63, 3.8) is 0 Å². The minimum Gasteiger partial charge on any atom is -0.166 e. The van der Waals surface area contributed by atoms with E-state index in [-0.39, 0.29) is 12.0 Å². The SMILES string of the molecule is C=CCc1cs[c]c1C(F)(F)F. The molecular weight excluding hydrogens is 185 g/mol. The molecule has 0 N–H and O–H groups in total. The first kappa shape index (κ1) is 9.32. The Kier molecular flexibility index (Phi) is 2.57. The van der Waals surface area contributed by atoms with Crippen LogP contribution in [0.15, 0.2) is 18.0 Å². The monoisotopic (exact) mass is 191 g/mol. The molecule has 0 unspecified atom stereocenters. The maximum atomic E-state index is 12.1. The van der Waals surface area contributed by atoms with Gasteiger partial charge in [-0.15, -0.1) is 17.9 Å². The number of hydrogen-bond acceptors (Lipinski definition) is 1. The average Bonchev–Trinajstić information content (AvgIpc) is 2.34. The molecule has 12 heavy (non-hydrogen) atoms. The lowest BCUT2D eigenvalue weighted by Crippen LogP contribution is -2.06. The lowest BCUT2D eigenvalue weighted by molar-refractivity contribution is -0.138. The van der Waals surface area contributed by atoms with Crippen molar-refractivity contribution in [2.45, 2.75) is 12.6 Å². The molecule has 0 aliphatic heterocycles. The third-order valence-corrected chi connectivity index (χ3v) is 2.06. The van der Waals surface area contributed by atoms with E-state index in [0.717, 1.165) is 11.3 Å². The van der Waals surface area contributed by atoms with Crippen molar-refractivity contribution in [1.29, 1.82) is 0 Å². The fourth-order valence-electron chi connectivity index (χ4n) is 0.830. The second-order valence-corrected chi connectivity index (χ2v) is 2.90. The first-order valence-corrected chi connectivity index (χ1v) is 4.10. The van der Waals surface area contributed by atoms with E-state index >= 15 is 0 Å². The average molecular weight is 191 g/mol. The zero-order valence-corrected chi connectivity index (χ0v) is 6.93. The van der Waals surface area contributed by atoms with Crippen molar-refractivity contribution in [1.82, 2.24) is 0 Å². The van der Waals surface area contributed by atoms with Crippen LogP contribution in [-0.2, 0) is 12.6 Å². The topological polar surface area (TPSA) is 0 Å². The summed E-state index contributed by atoms with van der Waals surface area (Å²) in [7, 11) is 0. The molecule has 65 valence electrons. The van der Waals surface area contributed by atoms with Gasteiger partial charge in [0.2, 0.25) is 0 Å². The molecule has 1 rings (SSSR count). The Hall–Kier alpha value is -0.770. The Morgan fingerprint density at radius 1 is 1.58 bits per heavy atom. The highest BCUT2D eigenvalue weighted by atomic mass is 32.1. The van der Waals surface area contributed by atoms with E-state index in [1.807, 2.05) is 0 Å². The summed E-state index contributed by atoms with van der Waals surface area (Å²) >= 11 is 0.940. The van der Waals surface area contributed by atoms with Crippen molar-refractivity contribution in [2.24, 2.45) is 0 Å². The summed E-state index contributed by atoms with van der Waals surface area (Å²) in [4.78, 5) is 0. The molecule has 0 bridgehead atoms. The third-order valence-electron chi connectivity index (χ3n) is 1.33. The predicted octanol–water partition coefficient (Wildman–Crippen LogP) is 3.30. The summed E-state index contributed by atoms with van der Waals surface area (Å²) in [5, 5.41) is 3.65. The molecule has 0 amide bonds. The van der Waals surface area contributed by atoms with Crippen molar-refractivity contribution < 1.29 is 13.2 Å². The Bertz CT molecular complexity index is 272. The van der Waals surface area contributed by atoms with Crippen LogP contribution >= 0.6 is 11.3 Å². The number of hydrogen-bond donors (Lipinski definition) is 0. The summed E-state index contributed by atoms with van der Waals surface area (Å²) in [6.45, 7) is 3.38. The van der Waals surface area contributed by atoms with Gasteiger partial charge >= 0.3 is 6.18 Å². The van der Waals surface area contributed by atoms with Gasteiger partial charge in [-0.05, 0) is 17.4 Å². The van der Waals surface area contributed by atoms with Crippen LogP contribution in [0.4, 0.5) is 13.2 Å². The van der Waals surface area contributed by atoms with E-state index < -0.39 is 11.7 Å². The molecule has 0 saturated carbocycles. The Balaban J connectivity index is 2.99. The number of alkyl halides is 3. The molecule has 1 radical (unpaired) electrons. The molecule has 1 heterocycles. The quantitative estimate of drug-likeness (QED) is 0.629. The highest BCUT2D eigenvalue weighted by Gasteiger charge is 2.33.